The number of nitro benzene ring substituents is 1. The molecule has 2 heterocycles. The minimum absolute atomic E-state index is 0.143. The molecule has 0 N–H and O–H groups in total. The van der Waals surface area contributed by atoms with Crippen LogP contribution >= 0.6 is 11.3 Å². The molecule has 0 fully saturated rings. The van der Waals surface area contributed by atoms with E-state index < -0.39 is 22.5 Å². The molecule has 0 aliphatic carbocycles. The van der Waals surface area contributed by atoms with Crippen molar-refractivity contribution in [2.75, 3.05) is 27.4 Å². The van der Waals surface area contributed by atoms with Crippen LogP contribution in [-0.2, 0) is 9.53 Å². The molecule has 0 amide bonds. The number of methoxy groups -OCH3 is 2. The summed E-state index contributed by atoms with van der Waals surface area (Å²) in [5.74, 6) is 0.452. The van der Waals surface area contributed by atoms with Crippen molar-refractivity contribution < 1.29 is 28.7 Å². The van der Waals surface area contributed by atoms with Gasteiger partial charge in [0.15, 0.2) is 16.3 Å². The maximum absolute atomic E-state index is 13.8. The molecule has 1 aliphatic rings. The van der Waals surface area contributed by atoms with E-state index in [1.165, 1.54) is 37.0 Å². The Bertz CT molecular complexity index is 1690. The molecule has 3 aromatic rings. The summed E-state index contributed by atoms with van der Waals surface area (Å²) < 4.78 is 23.0. The van der Waals surface area contributed by atoms with Gasteiger partial charge >= 0.3 is 5.97 Å². The number of thiazole rings is 1. The predicted molar refractivity (Wildman–Crippen MR) is 149 cm³/mol. The van der Waals surface area contributed by atoms with Gasteiger partial charge in [-0.25, -0.2) is 9.79 Å². The van der Waals surface area contributed by atoms with Crippen LogP contribution in [0.1, 0.15) is 31.0 Å². The number of nitro groups is 1. The number of allylic oxidation sites excluding steroid dienone is 1. The normalized spacial score (nSPS) is 14.7. The van der Waals surface area contributed by atoms with Gasteiger partial charge in [-0.15, -0.1) is 0 Å². The highest BCUT2D eigenvalue weighted by Crippen LogP contribution is 2.35. The molecule has 4 rings (SSSR count). The molecule has 0 bridgehead atoms. The van der Waals surface area contributed by atoms with E-state index >= 15 is 0 Å². The van der Waals surface area contributed by atoms with Crippen molar-refractivity contribution in [2.24, 2.45) is 4.99 Å². The van der Waals surface area contributed by atoms with Crippen molar-refractivity contribution in [1.82, 2.24) is 4.57 Å². The van der Waals surface area contributed by atoms with Gasteiger partial charge in [0.25, 0.3) is 11.2 Å². The van der Waals surface area contributed by atoms with Gasteiger partial charge in [-0.1, -0.05) is 36.1 Å². The van der Waals surface area contributed by atoms with Crippen molar-refractivity contribution in [3.05, 3.63) is 101 Å². The number of nitrogens with zero attached hydrogens (tertiary/aromatic N) is 3. The van der Waals surface area contributed by atoms with Gasteiger partial charge in [0, 0.05) is 0 Å². The summed E-state index contributed by atoms with van der Waals surface area (Å²) in [5.41, 5.74) is 0.665. The Balaban J connectivity index is 1.94. The van der Waals surface area contributed by atoms with Crippen LogP contribution in [0.2, 0.25) is 0 Å². The van der Waals surface area contributed by atoms with Crippen molar-refractivity contribution in [1.29, 1.82) is 0 Å². The second-order valence-electron chi connectivity index (χ2n) is 8.49. The van der Waals surface area contributed by atoms with Crippen molar-refractivity contribution in [3.63, 3.8) is 0 Å². The number of carbonyl (C=O) groups excluding carboxylic acids is 1. The number of carbonyl (C=O) groups is 1. The second-order valence-corrected chi connectivity index (χ2v) is 9.50. The first-order chi connectivity index (χ1) is 19.2. The molecule has 2 aromatic carbocycles. The number of hydrogen-bond donors (Lipinski definition) is 0. The van der Waals surface area contributed by atoms with E-state index in [0.29, 0.717) is 28.4 Å². The molecule has 0 radical (unpaired) electrons. The molecule has 208 valence electrons. The Kier molecular flexibility index (Phi) is 8.49. The number of ether oxygens (including phenoxy) is 4. The van der Waals surface area contributed by atoms with Gasteiger partial charge in [-0.2, -0.15) is 0 Å². The fraction of sp³-hybridized carbons (Fsp3) is 0.250. The zero-order valence-electron chi connectivity index (χ0n) is 22.3. The monoisotopic (exact) mass is 565 g/mol. The third-order valence-corrected chi connectivity index (χ3v) is 7.08. The first-order valence-corrected chi connectivity index (χ1v) is 13.0. The lowest BCUT2D eigenvalue weighted by atomic mass is 9.96. The maximum Gasteiger partial charge on any atom is 0.338 e. The summed E-state index contributed by atoms with van der Waals surface area (Å²) in [6.07, 6.45) is 3.04. The number of rotatable bonds is 10. The van der Waals surface area contributed by atoms with E-state index in [1.54, 1.807) is 44.2 Å². The summed E-state index contributed by atoms with van der Waals surface area (Å²) >= 11 is 1.06. The zero-order valence-corrected chi connectivity index (χ0v) is 23.1. The van der Waals surface area contributed by atoms with Crippen LogP contribution in [0.3, 0.4) is 0 Å². The molecular formula is C28H27N3O8S. The SMILES string of the molecule is C=CCOc1ccc([C@@H]2C(C(=O)OCC)=C(C)N=c3s/c(=C\c4cc(OC)c(OC)cc4[N+](=O)[O-])c(=O)n32)cc1. The Morgan fingerprint density at radius 2 is 1.88 bits per heavy atom. The largest absolute Gasteiger partial charge is 0.493 e. The molecule has 0 spiro atoms. The van der Waals surface area contributed by atoms with Crippen molar-refractivity contribution in [3.8, 4) is 17.2 Å². The molecule has 40 heavy (non-hydrogen) atoms. The minimum atomic E-state index is -0.841. The first-order valence-electron chi connectivity index (χ1n) is 12.2. The van der Waals surface area contributed by atoms with Crippen LogP contribution in [0, 0.1) is 10.1 Å². The minimum Gasteiger partial charge on any atom is -0.493 e. The lowest BCUT2D eigenvalue weighted by molar-refractivity contribution is -0.385. The molecule has 1 aromatic heterocycles. The number of benzene rings is 2. The average molecular weight is 566 g/mol. The second kappa shape index (κ2) is 12.0. The third kappa shape index (κ3) is 5.38. The average Bonchev–Trinajstić information content (AvgIpc) is 3.24. The van der Waals surface area contributed by atoms with Gasteiger partial charge in [-0.05, 0) is 43.7 Å². The molecule has 11 nitrogen and oxygen atoms in total. The Morgan fingerprint density at radius 1 is 1.20 bits per heavy atom. The van der Waals surface area contributed by atoms with Gasteiger partial charge in [0.05, 0.1) is 59.2 Å². The molecular weight excluding hydrogens is 538 g/mol. The summed E-state index contributed by atoms with van der Waals surface area (Å²) in [4.78, 5) is 43.1. The quantitative estimate of drug-likeness (QED) is 0.158. The van der Waals surface area contributed by atoms with Gasteiger partial charge in [0.1, 0.15) is 12.4 Å². The fourth-order valence-electron chi connectivity index (χ4n) is 4.31. The van der Waals surface area contributed by atoms with E-state index in [1.807, 2.05) is 0 Å². The van der Waals surface area contributed by atoms with E-state index in [9.17, 15) is 19.7 Å². The molecule has 1 atom stereocenters. The molecule has 0 saturated heterocycles. The fourth-order valence-corrected chi connectivity index (χ4v) is 5.34. The van der Waals surface area contributed by atoms with Gasteiger partial charge in [0.2, 0.25) is 0 Å². The van der Waals surface area contributed by atoms with E-state index in [4.69, 9.17) is 18.9 Å². The highest BCUT2D eigenvalue weighted by Gasteiger charge is 2.33. The summed E-state index contributed by atoms with van der Waals surface area (Å²) in [5, 5.41) is 11.8. The smallest absolute Gasteiger partial charge is 0.338 e. The Labute approximate surface area is 233 Å². The Morgan fingerprint density at radius 3 is 2.48 bits per heavy atom. The van der Waals surface area contributed by atoms with Crippen LogP contribution in [0.25, 0.3) is 6.08 Å². The molecule has 0 saturated carbocycles. The lowest BCUT2D eigenvalue weighted by Gasteiger charge is -2.24. The van der Waals surface area contributed by atoms with Gasteiger partial charge < -0.3 is 18.9 Å². The van der Waals surface area contributed by atoms with E-state index in [-0.39, 0.29) is 39.5 Å². The number of fused-ring (bicyclic) bond motifs is 1. The van der Waals surface area contributed by atoms with Crippen LogP contribution in [0.15, 0.2) is 70.1 Å². The Hall–Kier alpha value is -4.71. The number of hydrogen-bond acceptors (Lipinski definition) is 10. The highest BCUT2D eigenvalue weighted by atomic mass is 32.1. The maximum atomic E-state index is 13.8. The van der Waals surface area contributed by atoms with E-state index in [2.05, 4.69) is 11.6 Å². The summed E-state index contributed by atoms with van der Waals surface area (Å²) in [6, 6.07) is 8.83. The van der Waals surface area contributed by atoms with Gasteiger partial charge in [-0.3, -0.25) is 19.5 Å². The molecule has 12 heteroatoms. The van der Waals surface area contributed by atoms with Crippen LogP contribution in [0.5, 0.6) is 17.2 Å². The van der Waals surface area contributed by atoms with Crippen LogP contribution in [-0.4, -0.2) is 42.9 Å². The molecule has 1 aliphatic heterocycles. The third-order valence-electron chi connectivity index (χ3n) is 6.10. The summed E-state index contributed by atoms with van der Waals surface area (Å²) in [7, 11) is 2.79. The van der Waals surface area contributed by atoms with Crippen molar-refractivity contribution >= 4 is 29.1 Å². The standard InChI is InChI=1S/C28H27N3O8S/c1-6-12-39-19-10-8-17(9-11-19)25-24(27(33)38-7-2)16(3)29-28-30(25)26(32)23(40-28)14-18-13-21(36-4)22(37-5)15-20(18)31(34)35/h6,8-11,13-15,25H,1,7,12H2,2-5H3/b23-14-/t25-/m1/s1. The summed E-state index contributed by atoms with van der Waals surface area (Å²) in [6.45, 7) is 7.48. The number of esters is 1. The lowest BCUT2D eigenvalue weighted by Crippen LogP contribution is -2.39. The first kappa shape index (κ1) is 28.3. The molecule has 0 unspecified atom stereocenters. The van der Waals surface area contributed by atoms with Crippen LogP contribution < -0.4 is 29.1 Å². The topological polar surface area (TPSA) is 131 Å². The highest BCUT2D eigenvalue weighted by molar-refractivity contribution is 7.07. The van der Waals surface area contributed by atoms with E-state index in [0.717, 1.165) is 11.3 Å². The predicted octanol–water partition coefficient (Wildman–Crippen LogP) is 3.29. The zero-order chi connectivity index (χ0) is 29.0. The van der Waals surface area contributed by atoms with Crippen molar-refractivity contribution in [2.45, 2.75) is 19.9 Å². The van der Waals surface area contributed by atoms with Crippen LogP contribution in [0.4, 0.5) is 5.69 Å². The number of aromatic nitrogens is 1.